The number of rotatable bonds is 7. The number of hydrogen-bond donors (Lipinski definition) is 2. The highest BCUT2D eigenvalue weighted by molar-refractivity contribution is 7.89. The Morgan fingerprint density at radius 1 is 1.29 bits per heavy atom. The van der Waals surface area contributed by atoms with Crippen molar-refractivity contribution in [1.82, 2.24) is 14.6 Å². The van der Waals surface area contributed by atoms with Gasteiger partial charge in [0.25, 0.3) is 5.91 Å². The van der Waals surface area contributed by atoms with E-state index >= 15 is 0 Å². The minimum atomic E-state index is -3.69. The molecule has 0 bridgehead atoms. The summed E-state index contributed by atoms with van der Waals surface area (Å²) in [6, 6.07) is 4.30. The second-order valence-electron chi connectivity index (χ2n) is 8.30. The highest BCUT2D eigenvalue weighted by atomic mass is 32.2. The Morgan fingerprint density at radius 3 is 2.61 bits per heavy atom. The fourth-order valence-corrected chi connectivity index (χ4v) is 5.61. The fourth-order valence-electron chi connectivity index (χ4n) is 3.64. The summed E-state index contributed by atoms with van der Waals surface area (Å²) in [7, 11) is -3.69. The van der Waals surface area contributed by atoms with Crippen LogP contribution in [0, 0.1) is 6.92 Å². The molecule has 2 N–H and O–H groups in total. The molecule has 3 rings (SSSR count). The molecule has 10 heteroatoms. The lowest BCUT2D eigenvalue weighted by atomic mass is 10.1. The quantitative estimate of drug-likeness (QED) is 0.651. The van der Waals surface area contributed by atoms with E-state index in [1.165, 1.54) is 23.5 Å². The molecule has 1 aromatic heterocycles. The topological polar surface area (TPSA) is 101 Å². The predicted molar refractivity (Wildman–Crippen MR) is 122 cm³/mol. The highest BCUT2D eigenvalue weighted by Crippen LogP contribution is 2.22. The summed E-state index contributed by atoms with van der Waals surface area (Å²) in [5.74, 6) is -0.381. The maximum Gasteiger partial charge on any atom is 0.257 e. The summed E-state index contributed by atoms with van der Waals surface area (Å²) in [6.45, 7) is 11.8. The SMILES string of the molecule is Cc1ccc(S(=O)(=O)NC(C)C)cc1C(=O)Nc1nc(CN2CC(C)OC(C)C2)cs1. The molecule has 0 aliphatic carbocycles. The number of ether oxygens (including phenoxy) is 1. The first-order valence-corrected chi connectivity index (χ1v) is 12.7. The van der Waals surface area contributed by atoms with E-state index in [1.807, 2.05) is 5.38 Å². The maximum absolute atomic E-state index is 12.8. The first-order valence-electron chi connectivity index (χ1n) is 10.3. The van der Waals surface area contributed by atoms with Crippen molar-refractivity contribution in [3.05, 3.63) is 40.4 Å². The zero-order valence-corrected chi connectivity index (χ0v) is 20.1. The molecule has 2 aromatic rings. The van der Waals surface area contributed by atoms with E-state index in [1.54, 1.807) is 26.8 Å². The molecule has 2 atom stereocenters. The van der Waals surface area contributed by atoms with E-state index < -0.39 is 10.0 Å². The average molecular weight is 467 g/mol. The lowest BCUT2D eigenvalue weighted by Gasteiger charge is -2.34. The minimum absolute atomic E-state index is 0.0623. The predicted octanol–water partition coefficient (Wildman–Crippen LogP) is 3.00. The van der Waals surface area contributed by atoms with Crippen molar-refractivity contribution in [1.29, 1.82) is 0 Å². The molecule has 2 unspecified atom stereocenters. The number of anilines is 1. The van der Waals surface area contributed by atoms with Gasteiger partial charge in [-0.2, -0.15) is 0 Å². The van der Waals surface area contributed by atoms with Crippen LogP contribution >= 0.6 is 11.3 Å². The lowest BCUT2D eigenvalue weighted by Crippen LogP contribution is -2.44. The van der Waals surface area contributed by atoms with Gasteiger partial charge in [0.15, 0.2) is 5.13 Å². The summed E-state index contributed by atoms with van der Waals surface area (Å²) in [5.41, 5.74) is 1.88. The molecule has 2 heterocycles. The van der Waals surface area contributed by atoms with Crippen molar-refractivity contribution >= 4 is 32.4 Å². The molecule has 1 aliphatic heterocycles. The largest absolute Gasteiger partial charge is 0.373 e. The molecular weight excluding hydrogens is 436 g/mol. The van der Waals surface area contributed by atoms with Crippen molar-refractivity contribution in [2.75, 3.05) is 18.4 Å². The van der Waals surface area contributed by atoms with Crippen LogP contribution in [0.15, 0.2) is 28.5 Å². The molecular formula is C21H30N4O4S2. The molecule has 1 saturated heterocycles. The zero-order chi connectivity index (χ0) is 22.8. The summed E-state index contributed by atoms with van der Waals surface area (Å²) < 4.78 is 33.2. The Morgan fingerprint density at radius 2 is 1.97 bits per heavy atom. The molecule has 1 fully saturated rings. The van der Waals surface area contributed by atoms with Gasteiger partial charge in [0.1, 0.15) is 0 Å². The Bertz CT molecular complexity index is 1030. The molecule has 170 valence electrons. The number of sulfonamides is 1. The number of nitrogens with one attached hydrogen (secondary N) is 2. The Labute approximate surface area is 188 Å². The number of carbonyl (C=O) groups is 1. The number of aromatic nitrogens is 1. The minimum Gasteiger partial charge on any atom is -0.373 e. The summed E-state index contributed by atoms with van der Waals surface area (Å²) >= 11 is 1.36. The number of thiazole rings is 1. The zero-order valence-electron chi connectivity index (χ0n) is 18.5. The van der Waals surface area contributed by atoms with E-state index in [9.17, 15) is 13.2 Å². The van der Waals surface area contributed by atoms with Gasteiger partial charge in [-0.25, -0.2) is 18.1 Å². The number of nitrogens with zero attached hydrogens (tertiary/aromatic N) is 2. The first kappa shape index (κ1) is 23.8. The van der Waals surface area contributed by atoms with Crippen molar-refractivity contribution in [2.24, 2.45) is 0 Å². The van der Waals surface area contributed by atoms with Gasteiger partial charge >= 0.3 is 0 Å². The second-order valence-corrected chi connectivity index (χ2v) is 10.9. The Kier molecular flexibility index (Phi) is 7.48. The van der Waals surface area contributed by atoms with Crippen LogP contribution < -0.4 is 10.0 Å². The monoisotopic (exact) mass is 466 g/mol. The van der Waals surface area contributed by atoms with Crippen molar-refractivity contribution < 1.29 is 17.9 Å². The van der Waals surface area contributed by atoms with Crippen LogP contribution in [-0.2, 0) is 21.3 Å². The van der Waals surface area contributed by atoms with Crippen molar-refractivity contribution in [3.63, 3.8) is 0 Å². The summed E-state index contributed by atoms with van der Waals surface area (Å²) in [4.78, 5) is 19.7. The Balaban J connectivity index is 1.70. The van der Waals surface area contributed by atoms with Gasteiger partial charge in [-0.1, -0.05) is 6.07 Å². The van der Waals surface area contributed by atoms with Crippen LogP contribution in [0.25, 0.3) is 0 Å². The second kappa shape index (κ2) is 9.74. The van der Waals surface area contributed by atoms with Gasteiger partial charge in [-0.3, -0.25) is 15.0 Å². The third-order valence-electron chi connectivity index (χ3n) is 4.81. The highest BCUT2D eigenvalue weighted by Gasteiger charge is 2.23. The molecule has 1 amide bonds. The van der Waals surface area contributed by atoms with Gasteiger partial charge in [0.05, 0.1) is 22.8 Å². The van der Waals surface area contributed by atoms with Gasteiger partial charge in [0.2, 0.25) is 10.0 Å². The van der Waals surface area contributed by atoms with Crippen LogP contribution in [0.3, 0.4) is 0 Å². The van der Waals surface area contributed by atoms with Crippen molar-refractivity contribution in [3.8, 4) is 0 Å². The van der Waals surface area contributed by atoms with E-state index in [4.69, 9.17) is 4.74 Å². The van der Waals surface area contributed by atoms with Crippen LogP contribution in [0.4, 0.5) is 5.13 Å². The van der Waals surface area contributed by atoms with Gasteiger partial charge in [-0.15, -0.1) is 11.3 Å². The van der Waals surface area contributed by atoms with E-state index in [0.717, 1.165) is 18.8 Å². The number of carbonyl (C=O) groups excluding carboxylic acids is 1. The molecule has 31 heavy (non-hydrogen) atoms. The normalized spacial score (nSPS) is 20.2. The van der Waals surface area contributed by atoms with Gasteiger partial charge in [0, 0.05) is 36.6 Å². The van der Waals surface area contributed by atoms with Crippen LogP contribution in [0.1, 0.15) is 49.3 Å². The number of aryl methyl sites for hydroxylation is 1. The smallest absolute Gasteiger partial charge is 0.257 e. The third-order valence-corrected chi connectivity index (χ3v) is 7.27. The standard InChI is InChI=1S/C21H30N4O4S2/c1-13(2)24-31(27,28)18-7-6-14(3)19(8-18)20(26)23-21-22-17(12-30-21)11-25-9-15(4)29-16(5)10-25/h6-8,12-13,15-16,24H,9-11H2,1-5H3,(H,22,23,26). The number of amides is 1. The molecule has 0 spiro atoms. The average Bonchev–Trinajstić information content (AvgIpc) is 3.06. The van der Waals surface area contributed by atoms with E-state index in [-0.39, 0.29) is 29.1 Å². The maximum atomic E-state index is 12.8. The molecule has 8 nitrogen and oxygen atoms in total. The molecule has 0 radical (unpaired) electrons. The molecule has 1 aliphatic rings. The lowest BCUT2D eigenvalue weighted by molar-refractivity contribution is -0.0707. The molecule has 1 aromatic carbocycles. The third kappa shape index (κ3) is 6.33. The van der Waals surface area contributed by atoms with E-state index in [2.05, 4.69) is 33.8 Å². The fraction of sp³-hybridized carbons (Fsp3) is 0.524. The molecule has 0 saturated carbocycles. The first-order chi connectivity index (χ1) is 14.5. The number of morpholine rings is 1. The van der Waals surface area contributed by atoms with Gasteiger partial charge in [-0.05, 0) is 52.3 Å². The van der Waals surface area contributed by atoms with Gasteiger partial charge < -0.3 is 4.74 Å². The Hall–Kier alpha value is -1.85. The van der Waals surface area contributed by atoms with Crippen LogP contribution in [0.2, 0.25) is 0 Å². The van der Waals surface area contributed by atoms with Crippen molar-refractivity contribution in [2.45, 2.75) is 64.3 Å². The summed E-state index contributed by atoms with van der Waals surface area (Å²) in [6.07, 6.45) is 0.358. The van der Waals surface area contributed by atoms with E-state index in [0.29, 0.717) is 22.8 Å². The number of benzene rings is 1. The van der Waals surface area contributed by atoms with Crippen LogP contribution in [0.5, 0.6) is 0 Å². The summed E-state index contributed by atoms with van der Waals surface area (Å²) in [5, 5.41) is 5.22. The van der Waals surface area contributed by atoms with Crippen LogP contribution in [-0.4, -0.2) is 55.5 Å². The number of hydrogen-bond acceptors (Lipinski definition) is 7.